The molecular formula is C16H19FN2OS. The molecule has 0 unspecified atom stereocenters. The first kappa shape index (κ1) is 15.5. The summed E-state index contributed by atoms with van der Waals surface area (Å²) in [6.45, 7) is 4.69. The van der Waals surface area contributed by atoms with E-state index >= 15 is 0 Å². The Morgan fingerprint density at radius 1 is 1.24 bits per heavy atom. The molecule has 0 bridgehead atoms. The summed E-state index contributed by atoms with van der Waals surface area (Å²) in [6.07, 6.45) is 0. The van der Waals surface area contributed by atoms with Gasteiger partial charge in [-0.05, 0) is 35.1 Å². The highest BCUT2D eigenvalue weighted by molar-refractivity contribution is 7.10. The van der Waals surface area contributed by atoms with E-state index in [1.807, 2.05) is 31.4 Å². The van der Waals surface area contributed by atoms with Gasteiger partial charge in [0.05, 0.1) is 6.04 Å². The van der Waals surface area contributed by atoms with Gasteiger partial charge >= 0.3 is 6.03 Å². The molecule has 2 amide bonds. The minimum atomic E-state index is -0.284. The number of hydrogen-bond donors (Lipinski definition) is 2. The number of carbonyl (C=O) groups excluding carboxylic acids is 1. The van der Waals surface area contributed by atoms with Crippen LogP contribution >= 0.6 is 11.3 Å². The van der Waals surface area contributed by atoms with E-state index < -0.39 is 0 Å². The van der Waals surface area contributed by atoms with Crippen LogP contribution in [0.5, 0.6) is 0 Å². The van der Waals surface area contributed by atoms with Crippen LogP contribution in [-0.4, -0.2) is 12.6 Å². The zero-order chi connectivity index (χ0) is 15.2. The van der Waals surface area contributed by atoms with Crippen molar-refractivity contribution >= 4 is 17.4 Å². The largest absolute Gasteiger partial charge is 0.338 e. The van der Waals surface area contributed by atoms with Crippen LogP contribution in [0, 0.1) is 11.7 Å². The number of hydrogen-bond acceptors (Lipinski definition) is 2. The van der Waals surface area contributed by atoms with Crippen molar-refractivity contribution in [2.75, 3.05) is 6.54 Å². The second-order valence-electron chi connectivity index (χ2n) is 5.25. The van der Waals surface area contributed by atoms with E-state index in [2.05, 4.69) is 10.6 Å². The highest BCUT2D eigenvalue weighted by atomic mass is 32.1. The topological polar surface area (TPSA) is 41.1 Å². The van der Waals surface area contributed by atoms with Gasteiger partial charge < -0.3 is 10.6 Å². The molecule has 3 nitrogen and oxygen atoms in total. The van der Waals surface area contributed by atoms with Gasteiger partial charge in [0.15, 0.2) is 0 Å². The maximum atomic E-state index is 13.1. The van der Waals surface area contributed by atoms with Crippen molar-refractivity contribution in [3.8, 4) is 0 Å². The van der Waals surface area contributed by atoms with E-state index in [1.165, 1.54) is 12.1 Å². The third kappa shape index (κ3) is 4.56. The molecule has 2 N–H and O–H groups in total. The fraction of sp³-hybridized carbons (Fsp3) is 0.312. The molecule has 5 heteroatoms. The average Bonchev–Trinajstić information content (AvgIpc) is 2.97. The van der Waals surface area contributed by atoms with Crippen LogP contribution < -0.4 is 10.6 Å². The summed E-state index contributed by atoms with van der Waals surface area (Å²) in [6, 6.07) is 9.62. The summed E-state index contributed by atoms with van der Waals surface area (Å²) < 4.78 is 13.1. The van der Waals surface area contributed by atoms with Crippen molar-refractivity contribution in [3.05, 3.63) is 58.0 Å². The quantitative estimate of drug-likeness (QED) is 0.863. The van der Waals surface area contributed by atoms with Crippen molar-refractivity contribution in [2.24, 2.45) is 5.92 Å². The Bertz CT molecular complexity index is 566. The molecule has 112 valence electrons. The summed E-state index contributed by atoms with van der Waals surface area (Å²) in [5.41, 5.74) is 0.860. The van der Waals surface area contributed by atoms with Gasteiger partial charge in [-0.2, -0.15) is 0 Å². The van der Waals surface area contributed by atoms with Crippen molar-refractivity contribution in [3.63, 3.8) is 0 Å². The lowest BCUT2D eigenvalue weighted by atomic mass is 10.1. The van der Waals surface area contributed by atoms with E-state index in [1.54, 1.807) is 23.5 Å². The SMILES string of the molecule is CC(C)CNC(=O)N[C@H](c1ccc(F)cc1)c1cccs1. The van der Waals surface area contributed by atoms with Gasteiger partial charge in [-0.25, -0.2) is 9.18 Å². The van der Waals surface area contributed by atoms with Crippen LogP contribution in [0.1, 0.15) is 30.3 Å². The van der Waals surface area contributed by atoms with Crippen LogP contribution in [0.2, 0.25) is 0 Å². The normalized spacial score (nSPS) is 12.2. The molecule has 0 fully saturated rings. The van der Waals surface area contributed by atoms with E-state index in [4.69, 9.17) is 0 Å². The van der Waals surface area contributed by atoms with Crippen LogP contribution in [0.4, 0.5) is 9.18 Å². The predicted molar refractivity (Wildman–Crippen MR) is 83.9 cm³/mol. The Kier molecular flexibility index (Phi) is 5.33. The lowest BCUT2D eigenvalue weighted by Crippen LogP contribution is -2.39. The standard InChI is InChI=1S/C16H19FN2OS/c1-11(2)10-18-16(20)19-15(14-4-3-9-21-14)12-5-7-13(17)8-6-12/h3-9,11,15H,10H2,1-2H3,(H2,18,19,20)/t15-/m1/s1. The zero-order valence-corrected chi connectivity index (χ0v) is 12.9. The number of thiophene rings is 1. The molecule has 1 aromatic carbocycles. The molecule has 1 heterocycles. The Morgan fingerprint density at radius 2 is 1.95 bits per heavy atom. The first-order valence-corrected chi connectivity index (χ1v) is 7.77. The van der Waals surface area contributed by atoms with Gasteiger partial charge in [-0.1, -0.05) is 32.0 Å². The number of nitrogens with one attached hydrogen (secondary N) is 2. The van der Waals surface area contributed by atoms with Gasteiger partial charge in [0.1, 0.15) is 5.82 Å². The number of amides is 2. The maximum Gasteiger partial charge on any atom is 0.315 e. The summed E-state index contributed by atoms with van der Waals surface area (Å²) >= 11 is 1.56. The van der Waals surface area contributed by atoms with Gasteiger partial charge in [-0.3, -0.25) is 0 Å². The smallest absolute Gasteiger partial charge is 0.315 e. The van der Waals surface area contributed by atoms with E-state index in [-0.39, 0.29) is 17.9 Å². The Morgan fingerprint density at radius 3 is 2.52 bits per heavy atom. The summed E-state index contributed by atoms with van der Waals surface area (Å²) in [4.78, 5) is 13.0. The Labute approximate surface area is 128 Å². The average molecular weight is 306 g/mol. The first-order chi connectivity index (χ1) is 10.1. The first-order valence-electron chi connectivity index (χ1n) is 6.89. The maximum absolute atomic E-state index is 13.1. The van der Waals surface area contributed by atoms with Crippen molar-refractivity contribution < 1.29 is 9.18 Å². The van der Waals surface area contributed by atoms with E-state index in [0.717, 1.165) is 10.4 Å². The van der Waals surface area contributed by atoms with Crippen LogP contribution in [-0.2, 0) is 0 Å². The Hall–Kier alpha value is -1.88. The predicted octanol–water partition coefficient (Wildman–Crippen LogP) is 3.93. The molecule has 0 aliphatic heterocycles. The highest BCUT2D eigenvalue weighted by Crippen LogP contribution is 2.26. The van der Waals surface area contributed by atoms with Crippen LogP contribution in [0.3, 0.4) is 0 Å². The lowest BCUT2D eigenvalue weighted by molar-refractivity contribution is 0.237. The number of benzene rings is 1. The molecule has 1 aromatic heterocycles. The molecule has 1 atom stereocenters. The molecule has 2 aromatic rings. The second-order valence-corrected chi connectivity index (χ2v) is 6.23. The van der Waals surface area contributed by atoms with E-state index in [9.17, 15) is 9.18 Å². The van der Waals surface area contributed by atoms with Crippen molar-refractivity contribution in [2.45, 2.75) is 19.9 Å². The molecule has 0 aliphatic carbocycles. The molecule has 2 rings (SSSR count). The third-order valence-corrected chi connectivity index (χ3v) is 3.91. The molecule has 0 saturated carbocycles. The zero-order valence-electron chi connectivity index (χ0n) is 12.1. The van der Waals surface area contributed by atoms with Crippen LogP contribution in [0.15, 0.2) is 41.8 Å². The second kappa shape index (κ2) is 7.22. The van der Waals surface area contributed by atoms with E-state index in [0.29, 0.717) is 12.5 Å². The molecule has 0 saturated heterocycles. The minimum Gasteiger partial charge on any atom is -0.338 e. The highest BCUT2D eigenvalue weighted by Gasteiger charge is 2.17. The third-order valence-electron chi connectivity index (χ3n) is 2.98. The number of rotatable bonds is 5. The van der Waals surface area contributed by atoms with Gasteiger partial charge in [0, 0.05) is 11.4 Å². The summed E-state index contributed by atoms with van der Waals surface area (Å²) in [5, 5.41) is 7.74. The summed E-state index contributed by atoms with van der Waals surface area (Å²) in [7, 11) is 0. The lowest BCUT2D eigenvalue weighted by Gasteiger charge is -2.19. The molecule has 0 spiro atoms. The van der Waals surface area contributed by atoms with Gasteiger partial charge in [0.25, 0.3) is 0 Å². The molecule has 0 radical (unpaired) electrons. The number of halogens is 1. The Balaban J connectivity index is 2.14. The minimum absolute atomic E-state index is 0.216. The number of urea groups is 1. The fourth-order valence-corrected chi connectivity index (χ4v) is 2.71. The fourth-order valence-electron chi connectivity index (χ4n) is 1.91. The molecule has 0 aliphatic rings. The van der Waals surface area contributed by atoms with Crippen molar-refractivity contribution in [1.29, 1.82) is 0 Å². The van der Waals surface area contributed by atoms with Gasteiger partial charge in [0.2, 0.25) is 0 Å². The van der Waals surface area contributed by atoms with Crippen LogP contribution in [0.25, 0.3) is 0 Å². The molecule has 21 heavy (non-hydrogen) atoms. The number of carbonyl (C=O) groups is 1. The molecular weight excluding hydrogens is 287 g/mol. The monoisotopic (exact) mass is 306 g/mol. The van der Waals surface area contributed by atoms with Crippen molar-refractivity contribution in [1.82, 2.24) is 10.6 Å². The van der Waals surface area contributed by atoms with Gasteiger partial charge in [-0.15, -0.1) is 11.3 Å². The summed E-state index contributed by atoms with van der Waals surface area (Å²) in [5.74, 6) is 0.106.